The van der Waals surface area contributed by atoms with Crippen molar-refractivity contribution in [2.24, 2.45) is 0 Å². The van der Waals surface area contributed by atoms with Crippen molar-refractivity contribution in [1.29, 1.82) is 0 Å². The molecule has 2 rings (SSSR count). The van der Waals surface area contributed by atoms with Gasteiger partial charge < -0.3 is 9.80 Å². The first-order chi connectivity index (χ1) is 9.50. The molecular formula is C15H17FN2O2. The molecule has 1 heterocycles. The van der Waals surface area contributed by atoms with Crippen molar-refractivity contribution in [2.45, 2.75) is 12.5 Å². The molecule has 1 fully saturated rings. The number of hydrogen-bond acceptors (Lipinski definition) is 2. The van der Waals surface area contributed by atoms with E-state index in [1.807, 2.05) is 30.3 Å². The first-order valence-corrected chi connectivity index (χ1v) is 6.45. The minimum Gasteiger partial charge on any atom is -0.342 e. The van der Waals surface area contributed by atoms with Crippen LogP contribution in [0.25, 0.3) is 0 Å². The Balaban J connectivity index is 2.24. The minimum absolute atomic E-state index is 0.172. The monoisotopic (exact) mass is 276 g/mol. The van der Waals surface area contributed by atoms with Gasteiger partial charge in [-0.25, -0.2) is 4.39 Å². The molecule has 1 aliphatic rings. The molecule has 1 unspecified atom stereocenters. The Hall–Kier alpha value is -2.17. The molecule has 1 saturated heterocycles. The molecule has 0 aromatic heterocycles. The zero-order valence-electron chi connectivity index (χ0n) is 11.4. The van der Waals surface area contributed by atoms with Crippen molar-refractivity contribution in [1.82, 2.24) is 9.80 Å². The normalized spacial score (nSPS) is 19.1. The summed E-state index contributed by atoms with van der Waals surface area (Å²) in [4.78, 5) is 26.9. The number of carbonyl (C=O) groups is 2. The second-order valence-corrected chi connectivity index (χ2v) is 4.87. The number of piperazine rings is 1. The number of nitrogens with zero attached hydrogens (tertiary/aromatic N) is 2. The zero-order chi connectivity index (χ0) is 14.7. The summed E-state index contributed by atoms with van der Waals surface area (Å²) in [6.07, 6.45) is 0.378. The molecule has 4 nitrogen and oxygen atoms in total. The van der Waals surface area contributed by atoms with Crippen LogP contribution in [0.4, 0.5) is 4.39 Å². The molecule has 1 aromatic carbocycles. The van der Waals surface area contributed by atoms with Gasteiger partial charge in [-0.2, -0.15) is 0 Å². The van der Waals surface area contributed by atoms with Crippen LogP contribution in [0.15, 0.2) is 42.7 Å². The Labute approximate surface area is 117 Å². The quantitative estimate of drug-likeness (QED) is 0.783. The number of halogens is 1. The second kappa shape index (κ2) is 5.86. The van der Waals surface area contributed by atoms with E-state index in [9.17, 15) is 14.0 Å². The van der Waals surface area contributed by atoms with E-state index in [0.29, 0.717) is 19.5 Å². The van der Waals surface area contributed by atoms with Crippen LogP contribution in [0.2, 0.25) is 0 Å². The summed E-state index contributed by atoms with van der Waals surface area (Å²) in [6, 6.07) is 8.71. The van der Waals surface area contributed by atoms with E-state index in [0.717, 1.165) is 5.56 Å². The van der Waals surface area contributed by atoms with Crippen LogP contribution in [0.3, 0.4) is 0 Å². The summed E-state index contributed by atoms with van der Waals surface area (Å²) in [5, 5.41) is 0. The Morgan fingerprint density at radius 3 is 2.60 bits per heavy atom. The predicted molar refractivity (Wildman–Crippen MR) is 73.5 cm³/mol. The largest absolute Gasteiger partial charge is 0.342 e. The average Bonchev–Trinajstić information content (AvgIpc) is 2.44. The van der Waals surface area contributed by atoms with Crippen molar-refractivity contribution < 1.29 is 14.0 Å². The van der Waals surface area contributed by atoms with Crippen LogP contribution in [0, 0.1) is 0 Å². The van der Waals surface area contributed by atoms with E-state index >= 15 is 0 Å². The SMILES string of the molecule is C=C(F)C(=O)N1CCN(C)C(=O)C1Cc1ccccc1. The third-order valence-electron chi connectivity index (χ3n) is 3.48. The Kier molecular flexibility index (Phi) is 4.17. The molecule has 2 amide bonds. The summed E-state index contributed by atoms with van der Waals surface area (Å²) in [6.45, 7) is 3.76. The second-order valence-electron chi connectivity index (χ2n) is 4.87. The van der Waals surface area contributed by atoms with Gasteiger partial charge >= 0.3 is 0 Å². The summed E-state index contributed by atoms with van der Waals surface area (Å²) in [5.74, 6) is -2.00. The molecule has 0 saturated carbocycles. The lowest BCUT2D eigenvalue weighted by molar-refractivity contribution is -0.148. The van der Waals surface area contributed by atoms with Crippen LogP contribution >= 0.6 is 0 Å². The molecule has 0 radical (unpaired) electrons. The highest BCUT2D eigenvalue weighted by Crippen LogP contribution is 2.18. The van der Waals surface area contributed by atoms with E-state index < -0.39 is 17.8 Å². The number of amides is 2. The Bertz CT molecular complexity index is 530. The highest BCUT2D eigenvalue weighted by molar-refractivity contribution is 5.95. The lowest BCUT2D eigenvalue weighted by Gasteiger charge is -2.38. The van der Waals surface area contributed by atoms with Gasteiger partial charge in [0.05, 0.1) is 0 Å². The molecule has 20 heavy (non-hydrogen) atoms. The first-order valence-electron chi connectivity index (χ1n) is 6.45. The molecule has 0 N–H and O–H groups in total. The van der Waals surface area contributed by atoms with Crippen molar-refractivity contribution in [3.63, 3.8) is 0 Å². The van der Waals surface area contributed by atoms with Crippen molar-refractivity contribution >= 4 is 11.8 Å². The minimum atomic E-state index is -1.03. The van der Waals surface area contributed by atoms with Gasteiger partial charge in [0, 0.05) is 26.6 Å². The van der Waals surface area contributed by atoms with Gasteiger partial charge in [-0.1, -0.05) is 36.9 Å². The predicted octanol–water partition coefficient (Wildman–Crippen LogP) is 1.38. The lowest BCUT2D eigenvalue weighted by atomic mass is 10.0. The number of carbonyl (C=O) groups excluding carboxylic acids is 2. The standard InChI is InChI=1S/C15H17FN2O2/c1-11(16)14(19)18-9-8-17(2)15(20)13(18)10-12-6-4-3-5-7-12/h3-7,13H,1,8-10H2,2H3. The maximum atomic E-state index is 13.1. The molecule has 1 aromatic rings. The van der Waals surface area contributed by atoms with Crippen molar-refractivity contribution in [3.8, 4) is 0 Å². The van der Waals surface area contributed by atoms with Crippen molar-refractivity contribution in [3.05, 3.63) is 48.3 Å². The van der Waals surface area contributed by atoms with Crippen LogP contribution in [0.1, 0.15) is 5.56 Å². The van der Waals surface area contributed by atoms with Gasteiger partial charge in [0.15, 0.2) is 5.83 Å². The molecule has 0 bridgehead atoms. The van der Waals surface area contributed by atoms with Crippen LogP contribution < -0.4 is 0 Å². The van der Waals surface area contributed by atoms with Crippen LogP contribution in [-0.4, -0.2) is 47.8 Å². The number of likely N-dealkylation sites (N-methyl/N-ethyl adjacent to an activating group) is 1. The van der Waals surface area contributed by atoms with Gasteiger partial charge in [-0.05, 0) is 5.56 Å². The lowest BCUT2D eigenvalue weighted by Crippen LogP contribution is -2.58. The molecular weight excluding hydrogens is 259 g/mol. The van der Waals surface area contributed by atoms with Gasteiger partial charge in [0.1, 0.15) is 6.04 Å². The van der Waals surface area contributed by atoms with Gasteiger partial charge in [-0.3, -0.25) is 9.59 Å². The van der Waals surface area contributed by atoms with Crippen LogP contribution in [0.5, 0.6) is 0 Å². The fraction of sp³-hybridized carbons (Fsp3) is 0.333. The van der Waals surface area contributed by atoms with E-state index in [1.165, 1.54) is 4.90 Å². The summed E-state index contributed by atoms with van der Waals surface area (Å²) in [5.41, 5.74) is 0.934. The highest BCUT2D eigenvalue weighted by Gasteiger charge is 2.36. The van der Waals surface area contributed by atoms with E-state index in [2.05, 4.69) is 6.58 Å². The summed E-state index contributed by atoms with van der Waals surface area (Å²) in [7, 11) is 1.69. The molecule has 106 valence electrons. The Morgan fingerprint density at radius 1 is 1.35 bits per heavy atom. The summed E-state index contributed by atoms with van der Waals surface area (Å²) < 4.78 is 13.1. The fourth-order valence-corrected chi connectivity index (χ4v) is 2.35. The molecule has 1 atom stereocenters. The average molecular weight is 276 g/mol. The van der Waals surface area contributed by atoms with Crippen molar-refractivity contribution in [2.75, 3.05) is 20.1 Å². The maximum Gasteiger partial charge on any atom is 0.282 e. The Morgan fingerprint density at radius 2 is 2.00 bits per heavy atom. The topological polar surface area (TPSA) is 40.6 Å². The number of hydrogen-bond donors (Lipinski definition) is 0. The van der Waals surface area contributed by atoms with E-state index in [1.54, 1.807) is 11.9 Å². The third-order valence-corrected chi connectivity index (χ3v) is 3.48. The van der Waals surface area contributed by atoms with Crippen LogP contribution in [-0.2, 0) is 16.0 Å². The molecule has 0 spiro atoms. The molecule has 1 aliphatic heterocycles. The van der Waals surface area contributed by atoms with E-state index in [4.69, 9.17) is 0 Å². The number of rotatable bonds is 3. The zero-order valence-corrected chi connectivity index (χ0v) is 11.4. The smallest absolute Gasteiger partial charge is 0.282 e. The first kappa shape index (κ1) is 14.2. The molecule has 0 aliphatic carbocycles. The maximum absolute atomic E-state index is 13.1. The van der Waals surface area contributed by atoms with Gasteiger partial charge in [0.2, 0.25) is 5.91 Å². The fourth-order valence-electron chi connectivity index (χ4n) is 2.35. The van der Waals surface area contributed by atoms with E-state index in [-0.39, 0.29) is 5.91 Å². The molecule has 5 heteroatoms. The van der Waals surface area contributed by atoms with Gasteiger partial charge in [-0.15, -0.1) is 0 Å². The van der Waals surface area contributed by atoms with Gasteiger partial charge in [0.25, 0.3) is 5.91 Å². The highest BCUT2D eigenvalue weighted by atomic mass is 19.1. The number of benzene rings is 1. The third kappa shape index (κ3) is 2.87. The summed E-state index contributed by atoms with van der Waals surface area (Å²) >= 11 is 0.